The summed E-state index contributed by atoms with van der Waals surface area (Å²) in [6.45, 7) is 1.81. The van der Waals surface area contributed by atoms with Gasteiger partial charge in [-0.25, -0.2) is 0 Å². The zero-order chi connectivity index (χ0) is 24.6. The van der Waals surface area contributed by atoms with Crippen molar-refractivity contribution in [2.24, 2.45) is 0 Å². The largest absolute Gasteiger partial charge is 0.355 e. The summed E-state index contributed by atoms with van der Waals surface area (Å²) in [7, 11) is 1.49. The number of likely N-dealkylation sites (tertiary alicyclic amines) is 1. The molecule has 1 atom stereocenters. The molecule has 2 heterocycles. The Bertz CT molecular complexity index is 1200. The van der Waals surface area contributed by atoms with E-state index in [2.05, 4.69) is 29.6 Å². The lowest BCUT2D eigenvalue weighted by molar-refractivity contribution is 0.0758. The number of carbonyl (C=O) groups excluding carboxylic acids is 2. The first-order chi connectivity index (χ1) is 17.1. The molecule has 0 saturated carbocycles. The van der Waals surface area contributed by atoms with Gasteiger partial charge in [0.05, 0.1) is 0 Å². The summed E-state index contributed by atoms with van der Waals surface area (Å²) in [4.78, 5) is 40.9. The Balaban J connectivity index is 1.52. The molecule has 3 aromatic rings. The normalized spacial score (nSPS) is 15.9. The number of pyridine rings is 1. The fourth-order valence-electron chi connectivity index (χ4n) is 4.85. The topological polar surface area (TPSA) is 71.4 Å². The minimum absolute atomic E-state index is 0.00930. The van der Waals surface area contributed by atoms with Gasteiger partial charge in [-0.2, -0.15) is 0 Å². The van der Waals surface area contributed by atoms with E-state index >= 15 is 0 Å². The molecule has 0 radical (unpaired) electrons. The van der Waals surface area contributed by atoms with Gasteiger partial charge in [0.15, 0.2) is 0 Å². The van der Waals surface area contributed by atoms with Crippen molar-refractivity contribution in [2.75, 3.05) is 20.1 Å². The Hall–Kier alpha value is -3.67. The second-order valence-corrected chi connectivity index (χ2v) is 9.15. The van der Waals surface area contributed by atoms with E-state index in [4.69, 9.17) is 0 Å². The van der Waals surface area contributed by atoms with E-state index < -0.39 is 11.3 Å². The van der Waals surface area contributed by atoms with Gasteiger partial charge >= 0.3 is 0 Å². The van der Waals surface area contributed by atoms with Crippen molar-refractivity contribution < 1.29 is 9.59 Å². The quantitative estimate of drug-likeness (QED) is 0.560. The van der Waals surface area contributed by atoms with Crippen LogP contribution in [0.15, 0.2) is 77.9 Å². The smallest absolute Gasteiger partial charge is 0.259 e. The van der Waals surface area contributed by atoms with Gasteiger partial charge in [-0.3, -0.25) is 14.4 Å². The fourth-order valence-corrected chi connectivity index (χ4v) is 4.85. The Morgan fingerprint density at radius 2 is 1.60 bits per heavy atom. The zero-order valence-corrected chi connectivity index (χ0v) is 20.3. The van der Waals surface area contributed by atoms with E-state index in [0.29, 0.717) is 25.6 Å². The van der Waals surface area contributed by atoms with Crippen LogP contribution in [-0.4, -0.2) is 41.4 Å². The Morgan fingerprint density at radius 1 is 0.914 bits per heavy atom. The van der Waals surface area contributed by atoms with Gasteiger partial charge in [0.2, 0.25) is 5.43 Å². The number of benzene rings is 2. The minimum Gasteiger partial charge on any atom is -0.355 e. The van der Waals surface area contributed by atoms with E-state index in [0.717, 1.165) is 32.1 Å². The zero-order valence-electron chi connectivity index (χ0n) is 20.3. The molecule has 1 aromatic heterocycles. The lowest BCUT2D eigenvalue weighted by Crippen LogP contribution is -2.38. The molecule has 1 fully saturated rings. The Kier molecular flexibility index (Phi) is 8.14. The molecule has 2 amide bonds. The highest BCUT2D eigenvalue weighted by Gasteiger charge is 2.26. The van der Waals surface area contributed by atoms with Gasteiger partial charge < -0.3 is 14.8 Å². The van der Waals surface area contributed by atoms with Gasteiger partial charge in [-0.1, -0.05) is 60.7 Å². The molecule has 2 aromatic carbocycles. The molecule has 1 aliphatic heterocycles. The molecule has 4 rings (SSSR count). The van der Waals surface area contributed by atoms with Gasteiger partial charge in [-0.15, -0.1) is 0 Å². The molecule has 0 bridgehead atoms. The third kappa shape index (κ3) is 6.07. The number of nitrogens with zero attached hydrogens (tertiary/aromatic N) is 2. The van der Waals surface area contributed by atoms with Crippen molar-refractivity contribution in [2.45, 2.75) is 44.6 Å². The summed E-state index contributed by atoms with van der Waals surface area (Å²) >= 11 is 0. The highest BCUT2D eigenvalue weighted by Crippen LogP contribution is 2.28. The Morgan fingerprint density at radius 3 is 2.31 bits per heavy atom. The third-order valence-electron chi connectivity index (χ3n) is 6.79. The summed E-state index contributed by atoms with van der Waals surface area (Å²) in [6, 6.07) is 20.6. The van der Waals surface area contributed by atoms with Crippen LogP contribution >= 0.6 is 0 Å². The van der Waals surface area contributed by atoms with E-state index in [1.807, 2.05) is 41.0 Å². The van der Waals surface area contributed by atoms with Crippen LogP contribution in [0.5, 0.6) is 0 Å². The predicted molar refractivity (Wildman–Crippen MR) is 138 cm³/mol. The average molecular weight is 472 g/mol. The number of hydrogen-bond donors (Lipinski definition) is 1. The number of hydrogen-bond acceptors (Lipinski definition) is 3. The molecule has 6 nitrogen and oxygen atoms in total. The van der Waals surface area contributed by atoms with Crippen LogP contribution in [0.4, 0.5) is 0 Å². The number of nitrogens with one attached hydrogen (secondary N) is 1. The average Bonchev–Trinajstić information content (AvgIpc) is 3.16. The van der Waals surface area contributed by atoms with Crippen molar-refractivity contribution in [1.82, 2.24) is 14.8 Å². The van der Waals surface area contributed by atoms with Crippen molar-refractivity contribution in [1.29, 1.82) is 0 Å². The van der Waals surface area contributed by atoms with E-state index in [-0.39, 0.29) is 17.0 Å². The molecule has 1 aliphatic rings. The van der Waals surface area contributed by atoms with E-state index in [9.17, 15) is 14.4 Å². The first kappa shape index (κ1) is 24.5. The summed E-state index contributed by atoms with van der Waals surface area (Å²) in [6.07, 6.45) is 7.64. The molecular formula is C29H33N3O3. The molecule has 182 valence electrons. The predicted octanol–water partition coefficient (Wildman–Crippen LogP) is 4.25. The highest BCUT2D eigenvalue weighted by molar-refractivity contribution is 5.99. The monoisotopic (exact) mass is 471 g/mol. The van der Waals surface area contributed by atoms with Gasteiger partial charge in [0, 0.05) is 39.1 Å². The summed E-state index contributed by atoms with van der Waals surface area (Å²) in [5.74, 6) is -0.353. The maximum Gasteiger partial charge on any atom is 0.259 e. The summed E-state index contributed by atoms with van der Waals surface area (Å²) in [5, 5.41) is 2.53. The van der Waals surface area contributed by atoms with Crippen molar-refractivity contribution in [3.63, 3.8) is 0 Å². The van der Waals surface area contributed by atoms with E-state index in [1.54, 1.807) is 17.3 Å². The van der Waals surface area contributed by atoms with Gasteiger partial charge in [-0.05, 0) is 49.1 Å². The standard InChI is InChI=1S/C29H33N3O3/c1-30-28(34)25-20-31(17-8-12-22-10-4-2-5-11-22)21-26(27(25)33)29(35)32-18-9-15-24(16-19-32)23-13-6-3-7-14-23/h2-7,10-11,13-14,20-21,24H,8-9,12,15-19H2,1H3,(H,30,34). The number of carbonyl (C=O) groups is 2. The van der Waals surface area contributed by atoms with Crippen LogP contribution in [-0.2, 0) is 13.0 Å². The molecule has 1 N–H and O–H groups in total. The van der Waals surface area contributed by atoms with Crippen molar-refractivity contribution >= 4 is 11.8 Å². The lowest BCUT2D eigenvalue weighted by atomic mass is 9.92. The molecule has 0 aliphatic carbocycles. The highest BCUT2D eigenvalue weighted by atomic mass is 16.2. The first-order valence-corrected chi connectivity index (χ1v) is 12.4. The molecular weight excluding hydrogens is 438 g/mol. The second kappa shape index (κ2) is 11.6. The third-order valence-corrected chi connectivity index (χ3v) is 6.79. The maximum absolute atomic E-state index is 13.5. The lowest BCUT2D eigenvalue weighted by Gasteiger charge is -2.21. The van der Waals surface area contributed by atoms with E-state index in [1.165, 1.54) is 18.2 Å². The molecule has 0 spiro atoms. The maximum atomic E-state index is 13.5. The number of rotatable bonds is 7. The summed E-state index contributed by atoms with van der Waals surface area (Å²) in [5.41, 5.74) is 2.11. The molecule has 35 heavy (non-hydrogen) atoms. The first-order valence-electron chi connectivity index (χ1n) is 12.4. The fraction of sp³-hybridized carbons (Fsp3) is 0.345. The SMILES string of the molecule is CNC(=O)c1cn(CCCc2ccccc2)cc(C(=O)N2CCCC(c3ccccc3)CC2)c1=O. The van der Waals surface area contributed by atoms with Crippen LogP contribution in [0.1, 0.15) is 63.4 Å². The van der Waals surface area contributed by atoms with Crippen LogP contribution in [0.3, 0.4) is 0 Å². The van der Waals surface area contributed by atoms with Gasteiger partial charge in [0.1, 0.15) is 11.1 Å². The second-order valence-electron chi connectivity index (χ2n) is 9.15. The molecule has 1 unspecified atom stereocenters. The number of amides is 2. The van der Waals surface area contributed by atoms with Crippen LogP contribution in [0.2, 0.25) is 0 Å². The van der Waals surface area contributed by atoms with Crippen LogP contribution in [0.25, 0.3) is 0 Å². The minimum atomic E-state index is -0.502. The Labute approximate surface area is 206 Å². The van der Waals surface area contributed by atoms with Crippen molar-refractivity contribution in [3.05, 3.63) is 106 Å². The molecule has 6 heteroatoms. The van der Waals surface area contributed by atoms with Crippen LogP contribution < -0.4 is 10.7 Å². The molecule has 1 saturated heterocycles. The summed E-state index contributed by atoms with van der Waals surface area (Å²) < 4.78 is 1.81. The number of aromatic nitrogens is 1. The van der Waals surface area contributed by atoms with Crippen molar-refractivity contribution in [3.8, 4) is 0 Å². The number of aryl methyl sites for hydroxylation is 2. The van der Waals surface area contributed by atoms with Gasteiger partial charge in [0.25, 0.3) is 11.8 Å². The van der Waals surface area contributed by atoms with Crippen LogP contribution in [0, 0.1) is 0 Å².